The highest BCUT2D eigenvalue weighted by Gasteiger charge is 2.34. The van der Waals surface area contributed by atoms with Crippen LogP contribution in [0, 0.1) is 0 Å². The molecule has 0 fully saturated rings. The van der Waals surface area contributed by atoms with E-state index >= 15 is 0 Å². The summed E-state index contributed by atoms with van der Waals surface area (Å²) >= 11 is 0. The quantitative estimate of drug-likeness (QED) is 0.736. The largest absolute Gasteiger partial charge is 0.465 e. The van der Waals surface area contributed by atoms with Gasteiger partial charge in [0, 0.05) is 29.3 Å². The van der Waals surface area contributed by atoms with Gasteiger partial charge in [-0.1, -0.05) is 18.2 Å². The first-order valence-electron chi connectivity index (χ1n) is 6.77. The van der Waals surface area contributed by atoms with Gasteiger partial charge in [0.05, 0.1) is 5.69 Å². The highest BCUT2D eigenvalue weighted by Crippen LogP contribution is 2.43. The van der Waals surface area contributed by atoms with Crippen molar-refractivity contribution in [1.29, 1.82) is 0 Å². The van der Waals surface area contributed by atoms with Crippen molar-refractivity contribution in [2.75, 3.05) is 17.2 Å². The van der Waals surface area contributed by atoms with Gasteiger partial charge in [-0.15, -0.1) is 0 Å². The number of nitrogens with zero attached hydrogens (tertiary/aromatic N) is 1. The number of hydrogen-bond acceptors (Lipinski definition) is 3. The Labute approximate surface area is 126 Å². The van der Waals surface area contributed by atoms with E-state index in [1.54, 1.807) is 42.5 Å². The van der Waals surface area contributed by atoms with Crippen molar-refractivity contribution < 1.29 is 14.7 Å². The molecule has 3 rings (SSSR count). The number of nitrogen functional groups attached to an aromatic ring is 1. The van der Waals surface area contributed by atoms with Crippen LogP contribution < -0.4 is 16.4 Å². The molecule has 2 amide bonds. The fraction of sp³-hybridized carbons (Fsp3) is 0.125. The molecule has 0 aliphatic carbocycles. The van der Waals surface area contributed by atoms with Crippen LogP contribution in [-0.2, 0) is 0 Å². The molecule has 6 nitrogen and oxygen atoms in total. The van der Waals surface area contributed by atoms with E-state index in [4.69, 9.17) is 11.5 Å². The van der Waals surface area contributed by atoms with Gasteiger partial charge in [0.15, 0.2) is 0 Å². The summed E-state index contributed by atoms with van der Waals surface area (Å²) in [6, 6.07) is 12.1. The number of fused-ring (bicyclic) bond motifs is 1. The topological polar surface area (TPSA) is 110 Å². The molecule has 0 saturated heterocycles. The second-order valence-corrected chi connectivity index (χ2v) is 5.21. The summed E-state index contributed by atoms with van der Waals surface area (Å²) < 4.78 is 0. The van der Waals surface area contributed by atoms with Gasteiger partial charge in [-0.2, -0.15) is 0 Å². The first-order chi connectivity index (χ1) is 10.5. The zero-order valence-corrected chi connectivity index (χ0v) is 11.7. The number of rotatable bonds is 2. The molecule has 6 heteroatoms. The normalized spacial score (nSPS) is 16.4. The number of nitrogens with two attached hydrogens (primary N) is 2. The van der Waals surface area contributed by atoms with Crippen molar-refractivity contribution in [1.82, 2.24) is 0 Å². The summed E-state index contributed by atoms with van der Waals surface area (Å²) in [6.07, 6.45) is -1.01. The van der Waals surface area contributed by atoms with Gasteiger partial charge in [-0.3, -0.25) is 9.69 Å². The van der Waals surface area contributed by atoms with E-state index in [9.17, 15) is 14.7 Å². The fourth-order valence-corrected chi connectivity index (χ4v) is 2.89. The van der Waals surface area contributed by atoms with E-state index in [2.05, 4.69) is 0 Å². The number of benzene rings is 2. The minimum atomic E-state index is -1.01. The molecule has 0 spiro atoms. The molecule has 22 heavy (non-hydrogen) atoms. The SMILES string of the molecule is NC(=O)c1ccc(C2CN(C(=O)O)c3cccc(N)c32)cc1. The van der Waals surface area contributed by atoms with Crippen LogP contribution in [0.15, 0.2) is 42.5 Å². The van der Waals surface area contributed by atoms with Gasteiger partial charge in [0.1, 0.15) is 0 Å². The van der Waals surface area contributed by atoms with Gasteiger partial charge in [0.2, 0.25) is 5.91 Å². The lowest BCUT2D eigenvalue weighted by Crippen LogP contribution is -2.28. The van der Waals surface area contributed by atoms with Crippen LogP contribution >= 0.6 is 0 Å². The predicted molar refractivity (Wildman–Crippen MR) is 83.0 cm³/mol. The van der Waals surface area contributed by atoms with Crippen molar-refractivity contribution in [2.45, 2.75) is 5.92 Å². The first kappa shape index (κ1) is 13.9. The molecule has 1 unspecified atom stereocenters. The van der Waals surface area contributed by atoms with Gasteiger partial charge in [0.25, 0.3) is 0 Å². The number of hydrogen-bond donors (Lipinski definition) is 3. The van der Waals surface area contributed by atoms with E-state index in [-0.39, 0.29) is 5.92 Å². The number of primary amides is 1. The lowest BCUT2D eigenvalue weighted by molar-refractivity contribution is 0.1000. The van der Waals surface area contributed by atoms with E-state index in [1.165, 1.54) is 4.90 Å². The van der Waals surface area contributed by atoms with E-state index in [0.29, 0.717) is 23.5 Å². The molecule has 2 aromatic carbocycles. The maximum absolute atomic E-state index is 11.4. The Morgan fingerprint density at radius 2 is 1.82 bits per heavy atom. The fourth-order valence-electron chi connectivity index (χ4n) is 2.89. The summed E-state index contributed by atoms with van der Waals surface area (Å²) in [5, 5.41) is 9.36. The third kappa shape index (κ3) is 2.14. The average Bonchev–Trinajstić information content (AvgIpc) is 2.88. The van der Waals surface area contributed by atoms with Gasteiger partial charge in [-0.25, -0.2) is 4.79 Å². The van der Waals surface area contributed by atoms with E-state index in [1.807, 2.05) is 0 Å². The monoisotopic (exact) mass is 297 g/mol. The number of anilines is 2. The zero-order chi connectivity index (χ0) is 15.9. The first-order valence-corrected chi connectivity index (χ1v) is 6.77. The van der Waals surface area contributed by atoms with Crippen molar-refractivity contribution in [3.05, 3.63) is 59.2 Å². The number of amides is 2. The Balaban J connectivity index is 2.06. The molecule has 0 aromatic heterocycles. The molecule has 5 N–H and O–H groups in total. The average molecular weight is 297 g/mol. The second kappa shape index (κ2) is 5.07. The van der Waals surface area contributed by atoms with Crippen LogP contribution in [0.5, 0.6) is 0 Å². The Hall–Kier alpha value is -3.02. The maximum atomic E-state index is 11.4. The smallest absolute Gasteiger partial charge is 0.411 e. The van der Waals surface area contributed by atoms with E-state index < -0.39 is 12.0 Å². The summed E-state index contributed by atoms with van der Waals surface area (Å²) in [5.41, 5.74) is 14.6. The van der Waals surface area contributed by atoms with Crippen LogP contribution in [0.4, 0.5) is 16.2 Å². The Kier molecular flexibility index (Phi) is 3.21. The Morgan fingerprint density at radius 1 is 1.14 bits per heavy atom. The van der Waals surface area contributed by atoms with Gasteiger partial charge < -0.3 is 16.6 Å². The molecule has 0 radical (unpaired) electrons. The Morgan fingerprint density at radius 3 is 2.41 bits per heavy atom. The minimum Gasteiger partial charge on any atom is -0.465 e. The van der Waals surface area contributed by atoms with Crippen molar-refractivity contribution in [2.24, 2.45) is 5.73 Å². The molecule has 1 aliphatic rings. The highest BCUT2D eigenvalue weighted by molar-refractivity contribution is 5.93. The number of carboxylic acid groups (broad SMARTS) is 1. The molecule has 112 valence electrons. The lowest BCUT2D eigenvalue weighted by atomic mass is 9.91. The van der Waals surface area contributed by atoms with Crippen molar-refractivity contribution in [3.63, 3.8) is 0 Å². The molecular weight excluding hydrogens is 282 g/mol. The van der Waals surface area contributed by atoms with E-state index in [0.717, 1.165) is 11.1 Å². The molecule has 1 atom stereocenters. The summed E-state index contributed by atoms with van der Waals surface area (Å²) in [7, 11) is 0. The third-order valence-electron chi connectivity index (χ3n) is 3.95. The number of carbonyl (C=O) groups excluding carboxylic acids is 1. The summed E-state index contributed by atoms with van der Waals surface area (Å²) in [4.78, 5) is 23.9. The van der Waals surface area contributed by atoms with Crippen LogP contribution in [-0.4, -0.2) is 23.7 Å². The molecular formula is C16H15N3O3. The van der Waals surface area contributed by atoms with Crippen LogP contribution in [0.2, 0.25) is 0 Å². The third-order valence-corrected chi connectivity index (χ3v) is 3.95. The molecule has 0 saturated carbocycles. The number of carbonyl (C=O) groups is 2. The molecule has 0 bridgehead atoms. The predicted octanol–water partition coefficient (Wildman–Crippen LogP) is 2.00. The van der Waals surface area contributed by atoms with Crippen LogP contribution in [0.1, 0.15) is 27.4 Å². The van der Waals surface area contributed by atoms with Crippen LogP contribution in [0.3, 0.4) is 0 Å². The lowest BCUT2D eigenvalue weighted by Gasteiger charge is -2.14. The summed E-state index contributed by atoms with van der Waals surface area (Å²) in [5.74, 6) is -0.653. The minimum absolute atomic E-state index is 0.158. The molecule has 2 aromatic rings. The van der Waals surface area contributed by atoms with Crippen LogP contribution in [0.25, 0.3) is 0 Å². The van der Waals surface area contributed by atoms with Crippen molar-refractivity contribution in [3.8, 4) is 0 Å². The van der Waals surface area contributed by atoms with Gasteiger partial charge >= 0.3 is 6.09 Å². The second-order valence-electron chi connectivity index (χ2n) is 5.21. The molecule has 1 heterocycles. The standard InChI is InChI=1S/C16H15N3O3/c17-12-2-1-3-13-14(12)11(8-19(13)16(21)22)9-4-6-10(7-5-9)15(18)20/h1-7,11H,8,17H2,(H2,18,20)(H,21,22). The van der Waals surface area contributed by atoms with Crippen molar-refractivity contribution >= 4 is 23.4 Å². The molecule has 1 aliphatic heterocycles. The zero-order valence-electron chi connectivity index (χ0n) is 11.7. The highest BCUT2D eigenvalue weighted by atomic mass is 16.4. The Bertz CT molecular complexity index is 756. The summed E-state index contributed by atoms with van der Waals surface area (Å²) in [6.45, 7) is 0.300. The maximum Gasteiger partial charge on any atom is 0.411 e. The van der Waals surface area contributed by atoms with Gasteiger partial charge in [-0.05, 0) is 29.8 Å².